The molecule has 1 aliphatic heterocycles. The highest BCUT2D eigenvalue weighted by molar-refractivity contribution is 5.85. The number of nitrogens with zero attached hydrogens (tertiary/aromatic N) is 1. The van der Waals surface area contributed by atoms with Crippen LogP contribution in [0.1, 0.15) is 24.0 Å². The minimum Gasteiger partial charge on any atom is -0.478 e. The molecule has 1 aliphatic rings. The fraction of sp³-hybridized carbons (Fsp3) is 0.438. The van der Waals surface area contributed by atoms with E-state index in [2.05, 4.69) is 4.90 Å². The smallest absolute Gasteiger partial charge is 0.328 e. The van der Waals surface area contributed by atoms with E-state index in [4.69, 9.17) is 5.11 Å². The molecule has 2 N–H and O–H groups in total. The van der Waals surface area contributed by atoms with Crippen molar-refractivity contribution in [2.45, 2.75) is 19.4 Å². The molecule has 0 aliphatic carbocycles. The van der Waals surface area contributed by atoms with Gasteiger partial charge < -0.3 is 10.2 Å². The summed E-state index contributed by atoms with van der Waals surface area (Å²) in [5.74, 6) is -0.529. The maximum absolute atomic E-state index is 10.4. The number of piperidine rings is 1. The summed E-state index contributed by atoms with van der Waals surface area (Å²) in [4.78, 5) is 12.8. The summed E-state index contributed by atoms with van der Waals surface area (Å²) in [5, 5.41) is 17.8. The van der Waals surface area contributed by atoms with E-state index in [1.807, 2.05) is 24.3 Å². The third kappa shape index (κ3) is 4.47. The number of carbonyl (C=O) groups is 1. The van der Waals surface area contributed by atoms with E-state index < -0.39 is 5.97 Å². The van der Waals surface area contributed by atoms with Gasteiger partial charge in [-0.15, -0.1) is 0 Å². The first-order valence-corrected chi connectivity index (χ1v) is 7.00. The Hall–Kier alpha value is -1.65. The number of hydrogen-bond acceptors (Lipinski definition) is 3. The fourth-order valence-corrected chi connectivity index (χ4v) is 2.60. The van der Waals surface area contributed by atoms with Crippen LogP contribution in [0.2, 0.25) is 0 Å². The highest BCUT2D eigenvalue weighted by Gasteiger charge is 2.18. The molecule has 0 spiro atoms. The van der Waals surface area contributed by atoms with E-state index in [9.17, 15) is 9.90 Å². The number of rotatable bonds is 5. The second kappa shape index (κ2) is 7.22. The van der Waals surface area contributed by atoms with Crippen LogP contribution in [0.15, 0.2) is 30.3 Å². The Morgan fingerprint density at radius 2 is 2.10 bits per heavy atom. The molecule has 0 aromatic heterocycles. The average Bonchev–Trinajstić information content (AvgIpc) is 2.47. The molecular weight excluding hydrogens is 254 g/mol. The molecule has 0 amide bonds. The van der Waals surface area contributed by atoms with Gasteiger partial charge in [0.2, 0.25) is 0 Å². The SMILES string of the molecule is O=C(O)C=Cc1ccc(CN2CCCC(CO)C2)cc1. The van der Waals surface area contributed by atoms with Crippen LogP contribution in [-0.4, -0.2) is 40.8 Å². The predicted molar refractivity (Wildman–Crippen MR) is 78.2 cm³/mol. The summed E-state index contributed by atoms with van der Waals surface area (Å²) in [6, 6.07) is 7.93. The maximum Gasteiger partial charge on any atom is 0.328 e. The Bertz CT molecular complexity index is 467. The van der Waals surface area contributed by atoms with Crippen molar-refractivity contribution in [3.05, 3.63) is 41.5 Å². The quantitative estimate of drug-likeness (QED) is 0.807. The van der Waals surface area contributed by atoms with Crippen LogP contribution in [0.3, 0.4) is 0 Å². The van der Waals surface area contributed by atoms with Crippen molar-refractivity contribution in [1.29, 1.82) is 0 Å². The topological polar surface area (TPSA) is 60.8 Å². The normalized spacial score (nSPS) is 20.4. The van der Waals surface area contributed by atoms with Gasteiger partial charge in [0, 0.05) is 25.8 Å². The molecule has 4 heteroatoms. The van der Waals surface area contributed by atoms with Crippen LogP contribution in [0.25, 0.3) is 6.08 Å². The number of carboxylic acids is 1. The maximum atomic E-state index is 10.4. The third-order valence-electron chi connectivity index (χ3n) is 3.67. The monoisotopic (exact) mass is 275 g/mol. The van der Waals surface area contributed by atoms with Gasteiger partial charge in [-0.05, 0) is 42.5 Å². The van der Waals surface area contributed by atoms with E-state index in [0.717, 1.165) is 44.1 Å². The predicted octanol–water partition coefficient (Wildman–Crippen LogP) is 1.99. The van der Waals surface area contributed by atoms with Crippen LogP contribution in [0.4, 0.5) is 0 Å². The number of likely N-dealkylation sites (tertiary alicyclic amines) is 1. The molecule has 20 heavy (non-hydrogen) atoms. The van der Waals surface area contributed by atoms with Gasteiger partial charge in [-0.3, -0.25) is 4.90 Å². The second-order valence-corrected chi connectivity index (χ2v) is 5.34. The number of hydrogen-bond donors (Lipinski definition) is 2. The van der Waals surface area contributed by atoms with Crippen LogP contribution in [0.5, 0.6) is 0 Å². The molecule has 4 nitrogen and oxygen atoms in total. The number of benzene rings is 1. The molecule has 2 rings (SSSR count). The first-order chi connectivity index (χ1) is 9.67. The summed E-state index contributed by atoms with van der Waals surface area (Å²) in [6.07, 6.45) is 5.00. The third-order valence-corrected chi connectivity index (χ3v) is 3.67. The van der Waals surface area contributed by atoms with E-state index >= 15 is 0 Å². The number of aliphatic hydroxyl groups excluding tert-OH is 1. The number of aliphatic carboxylic acids is 1. The lowest BCUT2D eigenvalue weighted by Crippen LogP contribution is -2.36. The molecule has 0 saturated carbocycles. The lowest BCUT2D eigenvalue weighted by Gasteiger charge is -2.31. The van der Waals surface area contributed by atoms with Gasteiger partial charge in [0.25, 0.3) is 0 Å². The summed E-state index contributed by atoms with van der Waals surface area (Å²) in [5.41, 5.74) is 2.11. The number of aliphatic hydroxyl groups is 1. The van der Waals surface area contributed by atoms with E-state index in [1.165, 1.54) is 5.56 Å². The van der Waals surface area contributed by atoms with Gasteiger partial charge in [0.05, 0.1) is 0 Å². The Labute approximate surface area is 119 Å². The van der Waals surface area contributed by atoms with Gasteiger partial charge in [-0.1, -0.05) is 24.3 Å². The standard InChI is InChI=1S/C16H21NO3/c18-12-15-2-1-9-17(11-15)10-14-5-3-13(4-6-14)7-8-16(19)20/h3-8,15,18H,1-2,9-12H2,(H,19,20). The summed E-state index contributed by atoms with van der Waals surface area (Å²) < 4.78 is 0. The molecule has 1 aromatic carbocycles. The molecular formula is C16H21NO3. The van der Waals surface area contributed by atoms with Gasteiger partial charge in [0.15, 0.2) is 0 Å². The van der Waals surface area contributed by atoms with Gasteiger partial charge >= 0.3 is 5.97 Å². The first kappa shape index (κ1) is 14.8. The van der Waals surface area contributed by atoms with Gasteiger partial charge in [-0.25, -0.2) is 4.79 Å². The zero-order chi connectivity index (χ0) is 14.4. The highest BCUT2D eigenvalue weighted by atomic mass is 16.4. The molecule has 1 unspecified atom stereocenters. The van der Waals surface area contributed by atoms with Crippen LogP contribution < -0.4 is 0 Å². The molecule has 108 valence electrons. The second-order valence-electron chi connectivity index (χ2n) is 5.34. The molecule has 1 atom stereocenters. The zero-order valence-corrected chi connectivity index (χ0v) is 11.5. The molecule has 1 aromatic rings. The van der Waals surface area contributed by atoms with E-state index in [-0.39, 0.29) is 6.61 Å². The Balaban J connectivity index is 1.91. The van der Waals surface area contributed by atoms with Crippen molar-refractivity contribution in [2.24, 2.45) is 5.92 Å². The minimum atomic E-state index is -0.933. The first-order valence-electron chi connectivity index (χ1n) is 7.00. The van der Waals surface area contributed by atoms with E-state index in [1.54, 1.807) is 6.08 Å². The summed E-state index contributed by atoms with van der Waals surface area (Å²) in [7, 11) is 0. The lowest BCUT2D eigenvalue weighted by atomic mass is 9.98. The molecule has 1 heterocycles. The van der Waals surface area contributed by atoms with Crippen molar-refractivity contribution in [3.8, 4) is 0 Å². The highest BCUT2D eigenvalue weighted by Crippen LogP contribution is 2.18. The van der Waals surface area contributed by atoms with E-state index in [0.29, 0.717) is 5.92 Å². The number of carboxylic acid groups (broad SMARTS) is 1. The lowest BCUT2D eigenvalue weighted by molar-refractivity contribution is -0.131. The molecule has 1 saturated heterocycles. The Kier molecular flexibility index (Phi) is 5.32. The van der Waals surface area contributed by atoms with Crippen molar-refractivity contribution in [2.75, 3.05) is 19.7 Å². The van der Waals surface area contributed by atoms with Crippen molar-refractivity contribution >= 4 is 12.0 Å². The van der Waals surface area contributed by atoms with Gasteiger partial charge in [-0.2, -0.15) is 0 Å². The van der Waals surface area contributed by atoms with Crippen LogP contribution in [-0.2, 0) is 11.3 Å². The van der Waals surface area contributed by atoms with Crippen LogP contribution in [0, 0.1) is 5.92 Å². The molecule has 0 radical (unpaired) electrons. The largest absolute Gasteiger partial charge is 0.478 e. The summed E-state index contributed by atoms with van der Waals surface area (Å²) >= 11 is 0. The minimum absolute atomic E-state index is 0.273. The van der Waals surface area contributed by atoms with Crippen molar-refractivity contribution < 1.29 is 15.0 Å². The summed E-state index contributed by atoms with van der Waals surface area (Å²) in [6.45, 7) is 3.20. The Morgan fingerprint density at radius 1 is 1.35 bits per heavy atom. The van der Waals surface area contributed by atoms with Gasteiger partial charge in [0.1, 0.15) is 0 Å². The fourth-order valence-electron chi connectivity index (χ4n) is 2.60. The Morgan fingerprint density at radius 3 is 2.75 bits per heavy atom. The molecule has 0 bridgehead atoms. The van der Waals surface area contributed by atoms with Crippen LogP contribution >= 0.6 is 0 Å². The van der Waals surface area contributed by atoms with Crippen molar-refractivity contribution in [1.82, 2.24) is 4.90 Å². The average molecular weight is 275 g/mol. The molecule has 1 fully saturated rings. The van der Waals surface area contributed by atoms with Crippen molar-refractivity contribution in [3.63, 3.8) is 0 Å². The zero-order valence-electron chi connectivity index (χ0n) is 11.5.